The van der Waals surface area contributed by atoms with Crippen molar-refractivity contribution in [2.45, 2.75) is 13.3 Å². The SMILES string of the molecule is Cc1c(C(=O)N2CCCN(c3ccncc3F)CC2)cnn1C. The van der Waals surface area contributed by atoms with Crippen molar-refractivity contribution in [3.05, 3.63) is 41.7 Å². The van der Waals surface area contributed by atoms with Crippen molar-refractivity contribution in [1.29, 1.82) is 0 Å². The highest BCUT2D eigenvalue weighted by Gasteiger charge is 2.23. The van der Waals surface area contributed by atoms with Crippen LogP contribution in [0.4, 0.5) is 10.1 Å². The first kappa shape index (κ1) is 15.5. The number of pyridine rings is 1. The maximum absolute atomic E-state index is 13.9. The molecule has 1 saturated heterocycles. The minimum Gasteiger partial charge on any atom is -0.367 e. The average molecular weight is 317 g/mol. The Kier molecular flexibility index (Phi) is 4.27. The summed E-state index contributed by atoms with van der Waals surface area (Å²) in [6.07, 6.45) is 5.23. The maximum atomic E-state index is 13.9. The number of amides is 1. The lowest BCUT2D eigenvalue weighted by Gasteiger charge is -2.23. The summed E-state index contributed by atoms with van der Waals surface area (Å²) in [5, 5.41) is 4.13. The molecule has 0 aromatic carbocycles. The van der Waals surface area contributed by atoms with Gasteiger partial charge in [-0.2, -0.15) is 5.10 Å². The number of nitrogens with zero attached hydrogens (tertiary/aromatic N) is 5. The molecule has 0 spiro atoms. The summed E-state index contributed by atoms with van der Waals surface area (Å²) in [5.41, 5.74) is 2.04. The molecule has 0 unspecified atom stereocenters. The lowest BCUT2D eigenvalue weighted by atomic mass is 10.2. The van der Waals surface area contributed by atoms with Gasteiger partial charge in [0.15, 0.2) is 5.82 Å². The molecule has 7 heteroatoms. The number of aryl methyl sites for hydroxylation is 1. The van der Waals surface area contributed by atoms with Gasteiger partial charge in [0, 0.05) is 45.1 Å². The fourth-order valence-corrected chi connectivity index (χ4v) is 2.86. The summed E-state index contributed by atoms with van der Waals surface area (Å²) in [4.78, 5) is 20.2. The largest absolute Gasteiger partial charge is 0.367 e. The molecule has 6 nitrogen and oxygen atoms in total. The number of carbonyl (C=O) groups excluding carboxylic acids is 1. The van der Waals surface area contributed by atoms with E-state index in [2.05, 4.69) is 10.1 Å². The summed E-state index contributed by atoms with van der Waals surface area (Å²) >= 11 is 0. The molecule has 0 aliphatic carbocycles. The standard InChI is InChI=1S/C16H20FN5O/c1-12-13(10-19-20(12)2)16(23)22-7-3-6-21(8-9-22)15-4-5-18-11-14(15)17/h4-5,10-11H,3,6-9H2,1-2H3. The number of rotatable bonds is 2. The Morgan fingerprint density at radius 1 is 1.22 bits per heavy atom. The molecule has 0 bridgehead atoms. The van der Waals surface area contributed by atoms with Crippen LogP contribution in [0.15, 0.2) is 24.7 Å². The molecular formula is C16H20FN5O. The van der Waals surface area contributed by atoms with Gasteiger partial charge in [0.05, 0.1) is 23.6 Å². The van der Waals surface area contributed by atoms with Crippen LogP contribution >= 0.6 is 0 Å². The fraction of sp³-hybridized carbons (Fsp3) is 0.438. The minimum absolute atomic E-state index is 0.00681. The molecule has 3 rings (SSSR count). The second kappa shape index (κ2) is 6.36. The maximum Gasteiger partial charge on any atom is 0.257 e. The van der Waals surface area contributed by atoms with E-state index in [-0.39, 0.29) is 11.7 Å². The molecule has 0 N–H and O–H groups in total. The van der Waals surface area contributed by atoms with Crippen LogP contribution in [0.1, 0.15) is 22.5 Å². The van der Waals surface area contributed by atoms with Gasteiger partial charge in [0.1, 0.15) is 0 Å². The highest BCUT2D eigenvalue weighted by atomic mass is 19.1. The van der Waals surface area contributed by atoms with Gasteiger partial charge in [-0.1, -0.05) is 0 Å². The van der Waals surface area contributed by atoms with E-state index < -0.39 is 0 Å². The second-order valence-electron chi connectivity index (χ2n) is 5.73. The Morgan fingerprint density at radius 2 is 2.04 bits per heavy atom. The van der Waals surface area contributed by atoms with Gasteiger partial charge in [-0.3, -0.25) is 14.5 Å². The highest BCUT2D eigenvalue weighted by molar-refractivity contribution is 5.95. The van der Waals surface area contributed by atoms with Gasteiger partial charge in [0.25, 0.3) is 5.91 Å². The Morgan fingerprint density at radius 3 is 2.74 bits per heavy atom. The number of anilines is 1. The zero-order valence-electron chi connectivity index (χ0n) is 13.4. The van der Waals surface area contributed by atoms with Crippen LogP contribution in [0.3, 0.4) is 0 Å². The fourth-order valence-electron chi connectivity index (χ4n) is 2.86. The molecule has 1 fully saturated rings. The van der Waals surface area contributed by atoms with E-state index in [1.807, 2.05) is 23.8 Å². The average Bonchev–Trinajstić information content (AvgIpc) is 2.77. The van der Waals surface area contributed by atoms with Crippen molar-refractivity contribution in [3.8, 4) is 0 Å². The summed E-state index contributed by atoms with van der Waals surface area (Å²) in [7, 11) is 1.82. The molecule has 0 saturated carbocycles. The van der Waals surface area contributed by atoms with Gasteiger partial charge in [-0.15, -0.1) is 0 Å². The van der Waals surface area contributed by atoms with Crippen LogP contribution in [0.25, 0.3) is 0 Å². The predicted molar refractivity (Wildman–Crippen MR) is 84.9 cm³/mol. The predicted octanol–water partition coefficient (Wildman–Crippen LogP) is 1.62. The van der Waals surface area contributed by atoms with Crippen LogP contribution < -0.4 is 4.90 Å². The van der Waals surface area contributed by atoms with Crippen LogP contribution in [0, 0.1) is 12.7 Å². The third kappa shape index (κ3) is 3.04. The zero-order valence-corrected chi connectivity index (χ0v) is 13.4. The van der Waals surface area contributed by atoms with E-state index in [1.54, 1.807) is 23.1 Å². The molecule has 1 amide bonds. The second-order valence-corrected chi connectivity index (χ2v) is 5.73. The van der Waals surface area contributed by atoms with E-state index in [0.717, 1.165) is 18.7 Å². The molecule has 0 radical (unpaired) electrons. The van der Waals surface area contributed by atoms with Gasteiger partial charge >= 0.3 is 0 Å². The number of carbonyl (C=O) groups is 1. The number of hydrogen-bond donors (Lipinski definition) is 0. The van der Waals surface area contributed by atoms with Crippen molar-refractivity contribution in [1.82, 2.24) is 19.7 Å². The Bertz CT molecular complexity index is 714. The topological polar surface area (TPSA) is 54.3 Å². The monoisotopic (exact) mass is 317 g/mol. The van der Waals surface area contributed by atoms with E-state index in [1.165, 1.54) is 6.20 Å². The van der Waals surface area contributed by atoms with Crippen molar-refractivity contribution in [2.24, 2.45) is 7.05 Å². The summed E-state index contributed by atoms with van der Waals surface area (Å²) in [6, 6.07) is 1.68. The van der Waals surface area contributed by atoms with Crippen molar-refractivity contribution in [3.63, 3.8) is 0 Å². The molecule has 1 aliphatic rings. The Balaban J connectivity index is 1.73. The third-order valence-electron chi connectivity index (χ3n) is 4.34. The quantitative estimate of drug-likeness (QED) is 0.844. The van der Waals surface area contributed by atoms with E-state index >= 15 is 0 Å². The lowest BCUT2D eigenvalue weighted by Crippen LogP contribution is -2.35. The lowest BCUT2D eigenvalue weighted by molar-refractivity contribution is 0.0766. The first-order valence-electron chi connectivity index (χ1n) is 7.70. The molecule has 2 aromatic heterocycles. The van der Waals surface area contributed by atoms with Crippen LogP contribution in [-0.2, 0) is 7.05 Å². The summed E-state index contributed by atoms with van der Waals surface area (Å²) in [5.74, 6) is -0.331. The number of aromatic nitrogens is 3. The first-order chi connectivity index (χ1) is 11.1. The third-order valence-corrected chi connectivity index (χ3v) is 4.34. The molecule has 23 heavy (non-hydrogen) atoms. The van der Waals surface area contributed by atoms with Crippen molar-refractivity contribution >= 4 is 11.6 Å². The van der Waals surface area contributed by atoms with E-state index in [4.69, 9.17) is 0 Å². The molecular weight excluding hydrogens is 297 g/mol. The highest BCUT2D eigenvalue weighted by Crippen LogP contribution is 2.20. The van der Waals surface area contributed by atoms with Gasteiger partial charge < -0.3 is 9.80 Å². The number of halogens is 1. The molecule has 2 aromatic rings. The Hall–Kier alpha value is -2.44. The first-order valence-corrected chi connectivity index (χ1v) is 7.70. The summed E-state index contributed by atoms with van der Waals surface area (Å²) < 4.78 is 15.6. The Labute approximate surface area is 134 Å². The van der Waals surface area contributed by atoms with Gasteiger partial charge in [-0.05, 0) is 19.4 Å². The van der Waals surface area contributed by atoms with Crippen LogP contribution in [0.5, 0.6) is 0 Å². The zero-order chi connectivity index (χ0) is 16.4. The van der Waals surface area contributed by atoms with Crippen LogP contribution in [0.2, 0.25) is 0 Å². The van der Waals surface area contributed by atoms with E-state index in [0.29, 0.717) is 30.9 Å². The van der Waals surface area contributed by atoms with Gasteiger partial charge in [0.2, 0.25) is 0 Å². The van der Waals surface area contributed by atoms with E-state index in [9.17, 15) is 9.18 Å². The molecule has 122 valence electrons. The smallest absolute Gasteiger partial charge is 0.257 e. The van der Waals surface area contributed by atoms with Gasteiger partial charge in [-0.25, -0.2) is 4.39 Å². The van der Waals surface area contributed by atoms with Crippen molar-refractivity contribution < 1.29 is 9.18 Å². The number of hydrogen-bond acceptors (Lipinski definition) is 4. The van der Waals surface area contributed by atoms with Crippen molar-refractivity contribution in [2.75, 3.05) is 31.1 Å². The molecule has 1 aliphatic heterocycles. The normalized spacial score (nSPS) is 15.6. The molecule has 0 atom stereocenters. The van der Waals surface area contributed by atoms with Crippen LogP contribution in [-0.4, -0.2) is 51.8 Å². The minimum atomic E-state index is -0.324. The summed E-state index contributed by atoms with van der Waals surface area (Å²) in [6.45, 7) is 4.44. The molecule has 3 heterocycles.